The van der Waals surface area contributed by atoms with Crippen LogP contribution in [0.1, 0.15) is 27.2 Å². The molecule has 15 heavy (non-hydrogen) atoms. The molecule has 0 N–H and O–H groups in total. The lowest BCUT2D eigenvalue weighted by Gasteiger charge is -2.36. The third kappa shape index (κ3) is 3.74. The predicted octanol–water partition coefficient (Wildman–Crippen LogP) is 3.35. The molecule has 0 unspecified atom stereocenters. The zero-order valence-electron chi connectivity index (χ0n) is 10.7. The molecule has 0 aromatic heterocycles. The molecule has 0 bridgehead atoms. The van der Waals surface area contributed by atoms with Gasteiger partial charge in [0.05, 0.1) is 13.2 Å². The van der Waals surface area contributed by atoms with Gasteiger partial charge in [0.2, 0.25) is 0 Å². The van der Waals surface area contributed by atoms with Crippen LogP contribution in [0, 0.1) is 0 Å². The molecule has 3 heteroatoms. The second kappa shape index (κ2) is 4.81. The maximum atomic E-state index is 6.07. The summed E-state index contributed by atoms with van der Waals surface area (Å²) < 4.78 is 11.2. The lowest BCUT2D eigenvalue weighted by Crippen LogP contribution is -2.40. The molecular weight excluding hydrogens is 204 g/mol. The van der Waals surface area contributed by atoms with Crippen LogP contribution in [0.15, 0.2) is 11.6 Å². The SMILES string of the molecule is CC(C)(C)[Si](C)(C)OCCC=C1COC1. The van der Waals surface area contributed by atoms with Crippen molar-refractivity contribution in [1.82, 2.24) is 0 Å². The largest absolute Gasteiger partial charge is 0.417 e. The van der Waals surface area contributed by atoms with Crippen molar-refractivity contribution >= 4 is 8.32 Å². The van der Waals surface area contributed by atoms with Gasteiger partial charge in [0.15, 0.2) is 8.32 Å². The number of hydrogen-bond acceptors (Lipinski definition) is 2. The van der Waals surface area contributed by atoms with Crippen LogP contribution in [0.5, 0.6) is 0 Å². The van der Waals surface area contributed by atoms with Gasteiger partial charge in [-0.15, -0.1) is 0 Å². The summed E-state index contributed by atoms with van der Waals surface area (Å²) in [5.41, 5.74) is 1.42. The summed E-state index contributed by atoms with van der Waals surface area (Å²) in [6.45, 7) is 14.0. The van der Waals surface area contributed by atoms with E-state index < -0.39 is 8.32 Å². The molecule has 1 heterocycles. The Hall–Kier alpha value is -0.123. The zero-order chi connectivity index (χ0) is 11.5. The van der Waals surface area contributed by atoms with E-state index in [2.05, 4.69) is 39.9 Å². The van der Waals surface area contributed by atoms with Gasteiger partial charge in [-0.25, -0.2) is 0 Å². The molecule has 0 radical (unpaired) electrons. The van der Waals surface area contributed by atoms with Crippen molar-refractivity contribution in [2.75, 3.05) is 19.8 Å². The molecule has 0 amide bonds. The minimum atomic E-state index is -1.53. The Balaban J connectivity index is 2.24. The first-order valence-corrected chi connectivity index (χ1v) is 8.63. The highest BCUT2D eigenvalue weighted by molar-refractivity contribution is 6.74. The number of rotatable bonds is 4. The Kier molecular flexibility index (Phi) is 4.15. The van der Waals surface area contributed by atoms with E-state index in [1.165, 1.54) is 5.57 Å². The van der Waals surface area contributed by atoms with Crippen molar-refractivity contribution in [3.63, 3.8) is 0 Å². The van der Waals surface area contributed by atoms with Crippen LogP contribution in [0.3, 0.4) is 0 Å². The summed E-state index contributed by atoms with van der Waals surface area (Å²) >= 11 is 0. The van der Waals surface area contributed by atoms with E-state index in [0.29, 0.717) is 5.04 Å². The van der Waals surface area contributed by atoms with E-state index in [9.17, 15) is 0 Å². The molecule has 2 nitrogen and oxygen atoms in total. The lowest BCUT2D eigenvalue weighted by molar-refractivity contribution is 0.102. The van der Waals surface area contributed by atoms with Gasteiger partial charge in [0.25, 0.3) is 0 Å². The van der Waals surface area contributed by atoms with E-state index in [-0.39, 0.29) is 0 Å². The van der Waals surface area contributed by atoms with Crippen LogP contribution in [0.2, 0.25) is 18.1 Å². The van der Waals surface area contributed by atoms with Crippen molar-refractivity contribution in [3.8, 4) is 0 Å². The molecule has 0 aromatic carbocycles. The minimum Gasteiger partial charge on any atom is -0.417 e. The van der Waals surface area contributed by atoms with Crippen molar-refractivity contribution in [1.29, 1.82) is 0 Å². The van der Waals surface area contributed by atoms with Gasteiger partial charge >= 0.3 is 0 Å². The molecule has 0 spiro atoms. The second-order valence-corrected chi connectivity index (χ2v) is 10.6. The summed E-state index contributed by atoms with van der Waals surface area (Å²) in [5.74, 6) is 0. The fraction of sp³-hybridized carbons (Fsp3) is 0.833. The van der Waals surface area contributed by atoms with Crippen LogP contribution in [-0.2, 0) is 9.16 Å². The molecular formula is C12H24O2Si. The first-order valence-electron chi connectivity index (χ1n) is 5.72. The molecule has 1 aliphatic rings. The van der Waals surface area contributed by atoms with Gasteiger partial charge in [0, 0.05) is 6.61 Å². The summed E-state index contributed by atoms with van der Waals surface area (Å²) in [5, 5.41) is 0.319. The topological polar surface area (TPSA) is 18.5 Å². The van der Waals surface area contributed by atoms with Crippen molar-refractivity contribution in [3.05, 3.63) is 11.6 Å². The Morgan fingerprint density at radius 2 is 1.93 bits per heavy atom. The molecule has 1 fully saturated rings. The smallest absolute Gasteiger partial charge is 0.191 e. The van der Waals surface area contributed by atoms with Crippen LogP contribution in [-0.4, -0.2) is 28.1 Å². The van der Waals surface area contributed by atoms with Gasteiger partial charge in [-0.1, -0.05) is 26.8 Å². The summed E-state index contributed by atoms with van der Waals surface area (Å²) in [6.07, 6.45) is 3.29. The minimum absolute atomic E-state index is 0.319. The fourth-order valence-electron chi connectivity index (χ4n) is 1.13. The number of hydrogen-bond donors (Lipinski definition) is 0. The Labute approximate surface area is 94.8 Å². The molecule has 0 aromatic rings. The molecule has 1 saturated heterocycles. The van der Waals surface area contributed by atoms with Crippen molar-refractivity contribution < 1.29 is 9.16 Å². The van der Waals surface area contributed by atoms with Gasteiger partial charge in [-0.05, 0) is 30.1 Å². The van der Waals surface area contributed by atoms with Crippen LogP contribution in [0.25, 0.3) is 0 Å². The Morgan fingerprint density at radius 3 is 2.33 bits per heavy atom. The molecule has 0 aliphatic carbocycles. The van der Waals surface area contributed by atoms with Crippen molar-refractivity contribution in [2.24, 2.45) is 0 Å². The summed E-state index contributed by atoms with van der Waals surface area (Å²) in [7, 11) is -1.53. The second-order valence-electron chi connectivity index (χ2n) is 5.75. The Morgan fingerprint density at radius 1 is 1.33 bits per heavy atom. The van der Waals surface area contributed by atoms with E-state index in [1.807, 2.05) is 0 Å². The molecule has 88 valence electrons. The van der Waals surface area contributed by atoms with Crippen LogP contribution < -0.4 is 0 Å². The highest BCUT2D eigenvalue weighted by Gasteiger charge is 2.36. The van der Waals surface area contributed by atoms with Gasteiger partial charge in [0.1, 0.15) is 0 Å². The maximum absolute atomic E-state index is 6.07. The monoisotopic (exact) mass is 228 g/mol. The maximum Gasteiger partial charge on any atom is 0.191 e. The molecule has 0 atom stereocenters. The highest BCUT2D eigenvalue weighted by Crippen LogP contribution is 2.36. The van der Waals surface area contributed by atoms with E-state index in [4.69, 9.17) is 9.16 Å². The quantitative estimate of drug-likeness (QED) is 0.417. The first kappa shape index (κ1) is 12.9. The van der Waals surface area contributed by atoms with Gasteiger partial charge < -0.3 is 9.16 Å². The third-order valence-electron chi connectivity index (χ3n) is 3.39. The summed E-state index contributed by atoms with van der Waals surface area (Å²) in [4.78, 5) is 0. The molecule has 0 saturated carbocycles. The van der Waals surface area contributed by atoms with Gasteiger partial charge in [-0.2, -0.15) is 0 Å². The Bertz CT molecular complexity index is 232. The normalized spacial score (nSPS) is 17.5. The predicted molar refractivity (Wildman–Crippen MR) is 66.7 cm³/mol. The van der Waals surface area contributed by atoms with E-state index in [1.54, 1.807) is 0 Å². The zero-order valence-corrected chi connectivity index (χ0v) is 11.7. The lowest BCUT2D eigenvalue weighted by atomic mass is 10.2. The highest BCUT2D eigenvalue weighted by atomic mass is 28.4. The average molecular weight is 228 g/mol. The van der Waals surface area contributed by atoms with Crippen LogP contribution in [0.4, 0.5) is 0 Å². The van der Waals surface area contributed by atoms with Crippen molar-refractivity contribution in [2.45, 2.75) is 45.3 Å². The third-order valence-corrected chi connectivity index (χ3v) is 7.93. The number of ether oxygens (including phenoxy) is 1. The fourth-order valence-corrected chi connectivity index (χ4v) is 2.19. The van der Waals surface area contributed by atoms with E-state index in [0.717, 1.165) is 26.2 Å². The molecule has 1 aliphatic heterocycles. The average Bonchev–Trinajstić information content (AvgIpc) is 1.98. The summed E-state index contributed by atoms with van der Waals surface area (Å²) in [6, 6.07) is 0. The molecule has 1 rings (SSSR count). The standard InChI is InChI=1S/C12H24O2Si/c1-12(2,3)15(4,5)14-8-6-7-11-9-13-10-11/h7H,6,8-10H2,1-5H3. The van der Waals surface area contributed by atoms with E-state index >= 15 is 0 Å². The van der Waals surface area contributed by atoms with Gasteiger partial charge in [-0.3, -0.25) is 0 Å². The van der Waals surface area contributed by atoms with Crippen LogP contribution >= 0.6 is 0 Å². The first-order chi connectivity index (χ1) is 6.83.